The van der Waals surface area contributed by atoms with E-state index in [4.69, 9.17) is 16.7 Å². The maximum atomic E-state index is 12.3. The number of carbonyl (C=O) groups is 2. The topological polar surface area (TPSA) is 66.4 Å². The van der Waals surface area contributed by atoms with Crippen LogP contribution in [-0.2, 0) is 6.42 Å². The van der Waals surface area contributed by atoms with E-state index in [1.54, 1.807) is 24.3 Å². The van der Waals surface area contributed by atoms with Gasteiger partial charge in [-0.2, -0.15) is 0 Å². The number of carboxylic acids is 1. The van der Waals surface area contributed by atoms with E-state index in [1.165, 1.54) is 12.1 Å². The zero-order valence-corrected chi connectivity index (χ0v) is 13.6. The van der Waals surface area contributed by atoms with Gasteiger partial charge in [-0.05, 0) is 42.7 Å². The molecule has 2 aromatic carbocycles. The molecule has 0 aliphatic rings. The number of anilines is 1. The average molecular weight is 332 g/mol. The van der Waals surface area contributed by atoms with Gasteiger partial charge in [0.1, 0.15) is 0 Å². The highest BCUT2D eigenvalue weighted by atomic mass is 35.5. The fourth-order valence-electron chi connectivity index (χ4n) is 2.26. The second kappa shape index (κ2) is 7.79. The number of aryl methyl sites for hydroxylation is 1. The lowest BCUT2D eigenvalue weighted by Gasteiger charge is -2.10. The summed E-state index contributed by atoms with van der Waals surface area (Å²) in [5, 5.41) is 12.4. The Hall–Kier alpha value is -2.33. The van der Waals surface area contributed by atoms with Crippen LogP contribution in [0.15, 0.2) is 42.5 Å². The number of rotatable bonds is 6. The van der Waals surface area contributed by atoms with Gasteiger partial charge in [0.05, 0.1) is 11.1 Å². The number of amides is 1. The number of carboxylic acid groups (broad SMARTS) is 1. The molecule has 0 bridgehead atoms. The van der Waals surface area contributed by atoms with Crippen LogP contribution in [0.1, 0.15) is 46.0 Å². The predicted octanol–water partition coefficient (Wildman–Crippen LogP) is 4.63. The van der Waals surface area contributed by atoms with Crippen molar-refractivity contribution in [1.29, 1.82) is 0 Å². The molecule has 0 radical (unpaired) electrons. The summed E-state index contributed by atoms with van der Waals surface area (Å²) in [6.07, 6.45) is 3.03. The lowest BCUT2D eigenvalue weighted by molar-refractivity contribution is 0.0692. The molecule has 0 unspecified atom stereocenters. The lowest BCUT2D eigenvalue weighted by atomic mass is 10.1. The molecule has 2 rings (SSSR count). The number of unbranched alkanes of at least 4 members (excludes halogenated alkanes) is 1. The molecule has 0 spiro atoms. The molecule has 0 aliphatic carbocycles. The molecule has 1 amide bonds. The fraction of sp³-hybridized carbons (Fsp3) is 0.222. The molecule has 0 heterocycles. The molecule has 23 heavy (non-hydrogen) atoms. The fourth-order valence-corrected chi connectivity index (χ4v) is 2.54. The first-order chi connectivity index (χ1) is 11.0. The average Bonchev–Trinajstić information content (AvgIpc) is 2.54. The van der Waals surface area contributed by atoms with Crippen LogP contribution < -0.4 is 5.32 Å². The van der Waals surface area contributed by atoms with E-state index < -0.39 is 11.9 Å². The minimum atomic E-state index is -1.14. The van der Waals surface area contributed by atoms with E-state index in [0.717, 1.165) is 24.8 Å². The standard InChI is InChI=1S/C18H18ClNO3/c1-2-3-6-12-9-10-13(11-16(12)19)20-17(21)14-7-4-5-8-15(14)18(22)23/h4-5,7-11H,2-3,6H2,1H3,(H,20,21)(H,22,23). The number of halogens is 1. The number of carbonyl (C=O) groups excluding carboxylic acids is 1. The first-order valence-electron chi connectivity index (χ1n) is 7.45. The van der Waals surface area contributed by atoms with Gasteiger partial charge in [0.2, 0.25) is 0 Å². The maximum Gasteiger partial charge on any atom is 0.336 e. The monoisotopic (exact) mass is 331 g/mol. The van der Waals surface area contributed by atoms with Crippen LogP contribution in [0.2, 0.25) is 5.02 Å². The predicted molar refractivity (Wildman–Crippen MR) is 91.4 cm³/mol. The Labute approximate surface area is 140 Å². The van der Waals surface area contributed by atoms with Crippen LogP contribution in [0.5, 0.6) is 0 Å². The third-order valence-corrected chi connectivity index (χ3v) is 3.86. The number of benzene rings is 2. The molecule has 0 atom stereocenters. The van der Waals surface area contributed by atoms with Gasteiger partial charge in [-0.25, -0.2) is 4.79 Å². The number of nitrogens with one attached hydrogen (secondary N) is 1. The van der Waals surface area contributed by atoms with Crippen molar-refractivity contribution in [2.75, 3.05) is 5.32 Å². The second-order valence-corrected chi connectivity index (χ2v) is 5.62. The molecule has 2 aromatic rings. The molecule has 2 N–H and O–H groups in total. The third-order valence-electron chi connectivity index (χ3n) is 3.51. The lowest BCUT2D eigenvalue weighted by Crippen LogP contribution is -2.16. The SMILES string of the molecule is CCCCc1ccc(NC(=O)c2ccccc2C(=O)O)cc1Cl. The number of hydrogen-bond acceptors (Lipinski definition) is 2. The Morgan fingerprint density at radius 1 is 1.13 bits per heavy atom. The summed E-state index contributed by atoms with van der Waals surface area (Å²) in [5.74, 6) is -1.61. The van der Waals surface area contributed by atoms with Gasteiger partial charge < -0.3 is 10.4 Å². The summed E-state index contributed by atoms with van der Waals surface area (Å²) in [7, 11) is 0. The molecule has 0 saturated carbocycles. The van der Waals surface area contributed by atoms with Gasteiger partial charge in [-0.15, -0.1) is 0 Å². The third kappa shape index (κ3) is 4.33. The van der Waals surface area contributed by atoms with E-state index >= 15 is 0 Å². The Morgan fingerprint density at radius 2 is 1.83 bits per heavy atom. The van der Waals surface area contributed by atoms with Crippen molar-refractivity contribution in [3.05, 3.63) is 64.2 Å². The van der Waals surface area contributed by atoms with Gasteiger partial charge in [0.15, 0.2) is 0 Å². The quantitative estimate of drug-likeness (QED) is 0.810. The highest BCUT2D eigenvalue weighted by Gasteiger charge is 2.16. The molecular formula is C18H18ClNO3. The highest BCUT2D eigenvalue weighted by Crippen LogP contribution is 2.23. The molecule has 4 nitrogen and oxygen atoms in total. The summed E-state index contributed by atoms with van der Waals surface area (Å²) < 4.78 is 0. The van der Waals surface area contributed by atoms with Gasteiger partial charge in [-0.1, -0.05) is 43.1 Å². The Bertz CT molecular complexity index is 728. The van der Waals surface area contributed by atoms with Gasteiger partial charge in [0, 0.05) is 10.7 Å². The van der Waals surface area contributed by atoms with E-state index in [9.17, 15) is 9.59 Å². The van der Waals surface area contributed by atoms with E-state index in [-0.39, 0.29) is 11.1 Å². The van der Waals surface area contributed by atoms with Crippen molar-refractivity contribution >= 4 is 29.2 Å². The van der Waals surface area contributed by atoms with Gasteiger partial charge >= 0.3 is 5.97 Å². The molecule has 0 aliphatic heterocycles. The maximum absolute atomic E-state index is 12.3. The summed E-state index contributed by atoms with van der Waals surface area (Å²) in [5.41, 5.74) is 1.67. The molecular weight excluding hydrogens is 314 g/mol. The zero-order valence-electron chi connectivity index (χ0n) is 12.8. The van der Waals surface area contributed by atoms with Gasteiger partial charge in [0.25, 0.3) is 5.91 Å². The summed E-state index contributed by atoms with van der Waals surface area (Å²) in [4.78, 5) is 23.5. The largest absolute Gasteiger partial charge is 0.478 e. The Kier molecular flexibility index (Phi) is 5.77. The van der Waals surface area contributed by atoms with E-state index in [2.05, 4.69) is 12.2 Å². The van der Waals surface area contributed by atoms with Crippen LogP contribution in [0, 0.1) is 0 Å². The van der Waals surface area contributed by atoms with Crippen LogP contribution in [0.25, 0.3) is 0 Å². The smallest absolute Gasteiger partial charge is 0.336 e. The van der Waals surface area contributed by atoms with Crippen molar-refractivity contribution in [3.8, 4) is 0 Å². The summed E-state index contributed by atoms with van der Waals surface area (Å²) >= 11 is 6.23. The van der Waals surface area contributed by atoms with Crippen LogP contribution in [-0.4, -0.2) is 17.0 Å². The zero-order chi connectivity index (χ0) is 16.8. The molecule has 5 heteroatoms. The van der Waals surface area contributed by atoms with Crippen LogP contribution in [0.4, 0.5) is 5.69 Å². The van der Waals surface area contributed by atoms with Crippen molar-refractivity contribution in [3.63, 3.8) is 0 Å². The minimum absolute atomic E-state index is 0.0318. The first-order valence-corrected chi connectivity index (χ1v) is 7.82. The van der Waals surface area contributed by atoms with Crippen LogP contribution in [0.3, 0.4) is 0 Å². The number of aromatic carboxylic acids is 1. The molecule has 0 aromatic heterocycles. The minimum Gasteiger partial charge on any atom is -0.478 e. The Morgan fingerprint density at radius 3 is 2.43 bits per heavy atom. The second-order valence-electron chi connectivity index (χ2n) is 5.21. The Balaban J connectivity index is 2.18. The first kappa shape index (κ1) is 17.0. The molecule has 0 fully saturated rings. The van der Waals surface area contributed by atoms with E-state index in [0.29, 0.717) is 10.7 Å². The molecule has 0 saturated heterocycles. The van der Waals surface area contributed by atoms with Crippen molar-refractivity contribution < 1.29 is 14.7 Å². The van der Waals surface area contributed by atoms with E-state index in [1.807, 2.05) is 6.07 Å². The highest BCUT2D eigenvalue weighted by molar-refractivity contribution is 6.31. The summed E-state index contributed by atoms with van der Waals surface area (Å²) in [6.45, 7) is 2.11. The van der Waals surface area contributed by atoms with Crippen molar-refractivity contribution in [1.82, 2.24) is 0 Å². The normalized spacial score (nSPS) is 10.3. The number of hydrogen-bond donors (Lipinski definition) is 2. The molecule has 120 valence electrons. The van der Waals surface area contributed by atoms with Crippen molar-refractivity contribution in [2.24, 2.45) is 0 Å². The summed E-state index contributed by atoms with van der Waals surface area (Å²) in [6, 6.07) is 11.4. The van der Waals surface area contributed by atoms with Crippen molar-refractivity contribution in [2.45, 2.75) is 26.2 Å². The van der Waals surface area contributed by atoms with Gasteiger partial charge in [-0.3, -0.25) is 4.79 Å². The van der Waals surface area contributed by atoms with Crippen LogP contribution >= 0.6 is 11.6 Å².